The van der Waals surface area contributed by atoms with Crippen LogP contribution in [0.3, 0.4) is 0 Å². The molecule has 0 atom stereocenters. The van der Waals surface area contributed by atoms with Crippen LogP contribution in [0.15, 0.2) is 0 Å². The molecule has 2 fully saturated rings. The third kappa shape index (κ3) is 10.4. The first kappa shape index (κ1) is 32.4. The summed E-state index contributed by atoms with van der Waals surface area (Å²) < 4.78 is 0. The van der Waals surface area contributed by atoms with Gasteiger partial charge in [-0.25, -0.2) is 0 Å². The van der Waals surface area contributed by atoms with Crippen molar-refractivity contribution in [2.24, 2.45) is 11.8 Å². The predicted molar refractivity (Wildman–Crippen MR) is 139 cm³/mol. The number of rotatable bonds is 18. The molecule has 0 heterocycles. The summed E-state index contributed by atoms with van der Waals surface area (Å²) in [5.74, 6) is -5.97. The summed E-state index contributed by atoms with van der Waals surface area (Å²) in [4.78, 5) is 62.9. The Balaban J connectivity index is 2.54. The highest BCUT2D eigenvalue weighted by molar-refractivity contribution is 5.73. The summed E-state index contributed by atoms with van der Waals surface area (Å²) in [7, 11) is 0. The van der Waals surface area contributed by atoms with Crippen molar-refractivity contribution in [3.05, 3.63) is 0 Å². The number of carboxylic acid groups (broad SMARTS) is 5. The minimum atomic E-state index is -1.21. The number of aliphatic carboxylic acids is 5. The second-order valence-electron chi connectivity index (χ2n) is 10.9. The molecule has 2 aliphatic rings. The van der Waals surface area contributed by atoms with E-state index in [1.807, 2.05) is 0 Å². The van der Waals surface area contributed by atoms with E-state index >= 15 is 0 Å². The molecule has 2 aliphatic carbocycles. The van der Waals surface area contributed by atoms with E-state index in [0.717, 1.165) is 64.2 Å². The van der Waals surface area contributed by atoms with Crippen LogP contribution >= 0.6 is 0 Å². The molecule has 0 aliphatic heterocycles. The lowest BCUT2D eigenvalue weighted by Gasteiger charge is -2.56. The fourth-order valence-electron chi connectivity index (χ4n) is 6.73. The maximum Gasteiger partial charge on any atom is 0.317 e. The highest BCUT2D eigenvalue weighted by Gasteiger charge is 2.51. The average molecular weight is 558 g/mol. The molecule has 0 radical (unpaired) electrons. The summed E-state index contributed by atoms with van der Waals surface area (Å²) in [5, 5.41) is 47.8. The van der Waals surface area contributed by atoms with Gasteiger partial charge >= 0.3 is 29.8 Å². The molecule has 0 bridgehead atoms. The maximum atomic E-state index is 12.0. The van der Waals surface area contributed by atoms with E-state index in [-0.39, 0.29) is 31.5 Å². The van der Waals surface area contributed by atoms with Crippen molar-refractivity contribution in [2.75, 3.05) is 52.4 Å². The Morgan fingerprint density at radius 1 is 0.513 bits per heavy atom. The molecule has 0 spiro atoms. The Labute approximate surface area is 228 Å². The fourth-order valence-corrected chi connectivity index (χ4v) is 6.73. The molecule has 0 unspecified atom stereocenters. The number of hydrogen-bond acceptors (Lipinski definition) is 8. The first-order chi connectivity index (χ1) is 18.4. The van der Waals surface area contributed by atoms with Crippen molar-refractivity contribution in [3.8, 4) is 0 Å². The molecule has 2 rings (SSSR count). The van der Waals surface area contributed by atoms with Crippen LogP contribution in [0, 0.1) is 11.8 Å². The standard InChI is InChI=1S/C26H43N3O10/c30-21(31)13-27(14-22(32)33)11-12-28(15-23(34)35)18-26(19-7-3-1-4-8-19,20-9-5-2-6-10-20)29(16-24(36)37)17-25(38)39/h19-20H,1-18H2,(H,30,31)(H,32,33)(H,34,35)(H,36,37)(H,38,39). The van der Waals surface area contributed by atoms with Gasteiger partial charge in [-0.3, -0.25) is 38.7 Å². The van der Waals surface area contributed by atoms with Gasteiger partial charge in [0, 0.05) is 25.2 Å². The fraction of sp³-hybridized carbons (Fsp3) is 0.808. The lowest BCUT2D eigenvalue weighted by atomic mass is 9.62. The first-order valence-corrected chi connectivity index (χ1v) is 13.7. The van der Waals surface area contributed by atoms with E-state index in [1.54, 1.807) is 9.80 Å². The largest absolute Gasteiger partial charge is 0.480 e. The van der Waals surface area contributed by atoms with Crippen molar-refractivity contribution < 1.29 is 49.5 Å². The Morgan fingerprint density at radius 3 is 1.21 bits per heavy atom. The molecular weight excluding hydrogens is 514 g/mol. The van der Waals surface area contributed by atoms with Gasteiger partial charge in [-0.15, -0.1) is 0 Å². The van der Waals surface area contributed by atoms with Crippen molar-refractivity contribution in [1.29, 1.82) is 0 Å². The minimum Gasteiger partial charge on any atom is -0.480 e. The third-order valence-corrected chi connectivity index (χ3v) is 8.15. The van der Waals surface area contributed by atoms with E-state index < -0.39 is 68.1 Å². The van der Waals surface area contributed by atoms with Gasteiger partial charge in [0.25, 0.3) is 0 Å². The van der Waals surface area contributed by atoms with Crippen LogP contribution in [0.4, 0.5) is 0 Å². The van der Waals surface area contributed by atoms with Gasteiger partial charge < -0.3 is 25.5 Å². The molecule has 39 heavy (non-hydrogen) atoms. The summed E-state index contributed by atoms with van der Waals surface area (Å²) >= 11 is 0. The minimum absolute atomic E-state index is 0.0298. The topological polar surface area (TPSA) is 196 Å². The van der Waals surface area contributed by atoms with E-state index in [0.29, 0.717) is 0 Å². The lowest BCUT2D eigenvalue weighted by Crippen LogP contribution is -2.67. The monoisotopic (exact) mass is 557 g/mol. The van der Waals surface area contributed by atoms with E-state index in [2.05, 4.69) is 0 Å². The van der Waals surface area contributed by atoms with Gasteiger partial charge in [0.05, 0.1) is 32.7 Å². The molecule has 13 nitrogen and oxygen atoms in total. The van der Waals surface area contributed by atoms with Crippen molar-refractivity contribution in [1.82, 2.24) is 14.7 Å². The number of nitrogens with zero attached hydrogens (tertiary/aromatic N) is 3. The van der Waals surface area contributed by atoms with Gasteiger partial charge in [0.15, 0.2) is 0 Å². The van der Waals surface area contributed by atoms with Gasteiger partial charge in [0.1, 0.15) is 0 Å². The number of carbonyl (C=O) groups is 5. The molecule has 0 saturated heterocycles. The normalized spacial score (nSPS) is 17.5. The zero-order valence-corrected chi connectivity index (χ0v) is 22.5. The van der Waals surface area contributed by atoms with Crippen molar-refractivity contribution in [3.63, 3.8) is 0 Å². The Hall–Kier alpha value is -2.77. The van der Waals surface area contributed by atoms with E-state index in [9.17, 15) is 49.5 Å². The molecule has 5 N–H and O–H groups in total. The van der Waals surface area contributed by atoms with E-state index in [4.69, 9.17) is 0 Å². The quantitative estimate of drug-likeness (QED) is 0.161. The number of hydrogen-bond donors (Lipinski definition) is 5. The SMILES string of the molecule is O=C(O)CN(CCN(CC(=O)O)CC(C1CCCCC1)(C1CCCCC1)N(CC(=O)O)CC(=O)O)CC(=O)O. The maximum absolute atomic E-state index is 12.0. The molecule has 2 saturated carbocycles. The highest BCUT2D eigenvalue weighted by Crippen LogP contribution is 2.47. The summed E-state index contributed by atoms with van der Waals surface area (Å²) in [6.07, 6.45) is 8.80. The summed E-state index contributed by atoms with van der Waals surface area (Å²) in [5.41, 5.74) is -0.919. The molecule has 0 aromatic rings. The molecule has 0 aromatic carbocycles. The van der Waals surface area contributed by atoms with Gasteiger partial charge in [-0.05, 0) is 37.5 Å². The smallest absolute Gasteiger partial charge is 0.317 e. The van der Waals surface area contributed by atoms with Crippen LogP contribution in [0.1, 0.15) is 64.2 Å². The third-order valence-electron chi connectivity index (χ3n) is 8.15. The van der Waals surface area contributed by atoms with Crippen molar-refractivity contribution >= 4 is 29.8 Å². The van der Waals surface area contributed by atoms with Crippen LogP contribution in [-0.2, 0) is 24.0 Å². The predicted octanol–water partition coefficient (Wildman–Crippen LogP) is 1.21. The molecular formula is C26H43N3O10. The second-order valence-corrected chi connectivity index (χ2v) is 10.9. The van der Waals surface area contributed by atoms with Crippen LogP contribution in [0.25, 0.3) is 0 Å². The van der Waals surface area contributed by atoms with Gasteiger partial charge in [0.2, 0.25) is 0 Å². The molecule has 13 heteroatoms. The van der Waals surface area contributed by atoms with E-state index in [1.165, 1.54) is 4.90 Å². The van der Waals surface area contributed by atoms with Crippen LogP contribution < -0.4 is 0 Å². The van der Waals surface area contributed by atoms with Crippen LogP contribution in [0.5, 0.6) is 0 Å². The van der Waals surface area contributed by atoms with Crippen LogP contribution in [-0.4, -0.2) is 128 Å². The van der Waals surface area contributed by atoms with Crippen molar-refractivity contribution in [2.45, 2.75) is 69.7 Å². The number of carboxylic acids is 5. The molecule has 222 valence electrons. The summed E-state index contributed by atoms with van der Waals surface area (Å²) in [6, 6.07) is 0. The first-order valence-electron chi connectivity index (χ1n) is 13.7. The zero-order valence-electron chi connectivity index (χ0n) is 22.5. The molecule has 0 amide bonds. The Kier molecular flexibility index (Phi) is 13.1. The summed E-state index contributed by atoms with van der Waals surface area (Å²) in [6.45, 7) is -2.39. The highest BCUT2D eigenvalue weighted by atomic mass is 16.4. The zero-order chi connectivity index (χ0) is 29.0. The van der Waals surface area contributed by atoms with Gasteiger partial charge in [-0.2, -0.15) is 0 Å². The van der Waals surface area contributed by atoms with Crippen LogP contribution in [0.2, 0.25) is 0 Å². The lowest BCUT2D eigenvalue weighted by molar-refractivity contribution is -0.153. The Bertz CT molecular complexity index is 805. The molecule has 0 aromatic heterocycles. The average Bonchev–Trinajstić information content (AvgIpc) is 2.84. The second kappa shape index (κ2) is 15.7. The Morgan fingerprint density at radius 2 is 0.846 bits per heavy atom. The van der Waals surface area contributed by atoms with Gasteiger partial charge in [-0.1, -0.05) is 38.5 Å².